The predicted molar refractivity (Wildman–Crippen MR) is 91.4 cm³/mol. The Morgan fingerprint density at radius 3 is 3.00 bits per heavy atom. The minimum absolute atomic E-state index is 0.232. The molecule has 1 saturated heterocycles. The highest BCUT2D eigenvalue weighted by molar-refractivity contribution is 5.76. The number of likely N-dealkylation sites (tertiary alicyclic amines) is 1. The van der Waals surface area contributed by atoms with Crippen LogP contribution in [0.1, 0.15) is 33.1 Å². The number of hydrogen-bond acceptors (Lipinski definition) is 3. The molecule has 0 aromatic heterocycles. The van der Waals surface area contributed by atoms with Crippen LogP contribution >= 0.6 is 0 Å². The maximum absolute atomic E-state index is 12.2. The van der Waals surface area contributed by atoms with Crippen molar-refractivity contribution >= 4 is 17.3 Å². The molecule has 2 rings (SSSR count). The van der Waals surface area contributed by atoms with E-state index in [9.17, 15) is 4.79 Å². The fourth-order valence-corrected chi connectivity index (χ4v) is 2.89. The third-order valence-electron chi connectivity index (χ3n) is 4.07. The van der Waals surface area contributed by atoms with Crippen LogP contribution < -0.4 is 10.5 Å². The highest BCUT2D eigenvalue weighted by Gasteiger charge is 2.24. The van der Waals surface area contributed by atoms with Crippen LogP contribution in [0.25, 0.3) is 4.85 Å². The van der Waals surface area contributed by atoms with Gasteiger partial charge in [-0.15, -0.1) is 0 Å². The van der Waals surface area contributed by atoms with Crippen molar-refractivity contribution in [1.29, 1.82) is 0 Å². The summed E-state index contributed by atoms with van der Waals surface area (Å²) >= 11 is 0. The fraction of sp³-hybridized carbons (Fsp3) is 0.556. The smallest absolute Gasteiger partial charge is 0.250 e. The van der Waals surface area contributed by atoms with Gasteiger partial charge in [-0.1, -0.05) is 19.9 Å². The zero-order valence-corrected chi connectivity index (χ0v) is 13.9. The van der Waals surface area contributed by atoms with Gasteiger partial charge >= 0.3 is 0 Å². The molecular weight excluding hydrogens is 290 g/mol. The maximum atomic E-state index is 12.2. The van der Waals surface area contributed by atoms with E-state index in [0.717, 1.165) is 25.9 Å². The van der Waals surface area contributed by atoms with Crippen molar-refractivity contribution in [3.05, 3.63) is 29.6 Å². The van der Waals surface area contributed by atoms with E-state index in [0.29, 0.717) is 42.0 Å². The molecule has 0 aliphatic carbocycles. The van der Waals surface area contributed by atoms with E-state index < -0.39 is 0 Å². The minimum atomic E-state index is 0.232. The van der Waals surface area contributed by atoms with Crippen molar-refractivity contribution in [3.63, 3.8) is 0 Å². The number of nitrogen functional groups attached to an aromatic ring is 1. The molecule has 0 unspecified atom stereocenters. The average molecular weight is 315 g/mol. The Bertz CT molecular complexity index is 592. The molecule has 0 radical (unpaired) electrons. The maximum Gasteiger partial charge on any atom is 0.250 e. The Morgan fingerprint density at radius 1 is 1.52 bits per heavy atom. The Morgan fingerprint density at radius 2 is 2.30 bits per heavy atom. The monoisotopic (exact) mass is 315 g/mol. The number of piperidine rings is 1. The van der Waals surface area contributed by atoms with Gasteiger partial charge in [-0.25, -0.2) is 4.85 Å². The highest BCUT2D eigenvalue weighted by atomic mass is 16.5. The molecule has 1 atom stereocenters. The number of carbonyl (C=O) groups excluding carboxylic acids is 1. The molecule has 1 heterocycles. The zero-order chi connectivity index (χ0) is 16.8. The van der Waals surface area contributed by atoms with Crippen LogP contribution in [0.5, 0.6) is 5.75 Å². The standard InChI is InChI=1S/C18H25N3O2/c1-13(2)10-17(22)21-9-5-6-14(11-21)12-23-16-8-4-7-15(19)18(16)20-3/h4,7-8,13-14H,5-6,9-12,19H2,1-2H3/t14-/m1/s1. The van der Waals surface area contributed by atoms with Crippen molar-refractivity contribution in [3.8, 4) is 5.75 Å². The van der Waals surface area contributed by atoms with Gasteiger partial charge in [0.2, 0.25) is 11.6 Å². The van der Waals surface area contributed by atoms with Crippen LogP contribution in [0.2, 0.25) is 0 Å². The number of hydrogen-bond donors (Lipinski definition) is 1. The molecule has 1 aromatic carbocycles. The number of nitrogens with zero attached hydrogens (tertiary/aromatic N) is 2. The van der Waals surface area contributed by atoms with Crippen LogP contribution in [0.4, 0.5) is 11.4 Å². The molecule has 1 fully saturated rings. The molecule has 1 amide bonds. The molecular formula is C18H25N3O2. The van der Waals surface area contributed by atoms with E-state index in [1.54, 1.807) is 18.2 Å². The van der Waals surface area contributed by atoms with Gasteiger partial charge in [0.15, 0.2) is 0 Å². The van der Waals surface area contributed by atoms with Crippen molar-refractivity contribution in [2.45, 2.75) is 33.1 Å². The molecule has 0 bridgehead atoms. The second-order valence-corrected chi connectivity index (χ2v) is 6.56. The highest BCUT2D eigenvalue weighted by Crippen LogP contribution is 2.34. The molecule has 5 nitrogen and oxygen atoms in total. The Kier molecular flexibility index (Phi) is 5.86. The lowest BCUT2D eigenvalue weighted by molar-refractivity contribution is -0.134. The van der Waals surface area contributed by atoms with Gasteiger partial charge in [0.1, 0.15) is 5.75 Å². The van der Waals surface area contributed by atoms with Crippen LogP contribution in [-0.4, -0.2) is 30.5 Å². The summed E-state index contributed by atoms with van der Waals surface area (Å²) in [6, 6.07) is 5.26. The molecule has 0 saturated carbocycles. The van der Waals surface area contributed by atoms with Crippen molar-refractivity contribution in [2.24, 2.45) is 11.8 Å². The Balaban J connectivity index is 1.93. The minimum Gasteiger partial charge on any atom is -0.504 e. The fourth-order valence-electron chi connectivity index (χ4n) is 2.89. The Hall–Kier alpha value is -2.22. The SMILES string of the molecule is [C-]#[N+]c1c(N)cccc1OC[C@@H]1CCCN(C(=O)CC(C)C)C1. The molecule has 1 aromatic rings. The topological polar surface area (TPSA) is 59.9 Å². The summed E-state index contributed by atoms with van der Waals surface area (Å²) in [6.45, 7) is 13.4. The number of para-hydroxylation sites is 1. The van der Waals surface area contributed by atoms with Gasteiger partial charge in [-0.3, -0.25) is 4.79 Å². The summed E-state index contributed by atoms with van der Waals surface area (Å²) in [4.78, 5) is 17.6. The van der Waals surface area contributed by atoms with Crippen LogP contribution in [0, 0.1) is 18.4 Å². The second kappa shape index (κ2) is 7.87. The molecule has 5 heteroatoms. The summed E-state index contributed by atoms with van der Waals surface area (Å²) in [7, 11) is 0. The average Bonchev–Trinajstić information content (AvgIpc) is 2.52. The van der Waals surface area contributed by atoms with E-state index in [1.807, 2.05) is 4.90 Å². The zero-order valence-electron chi connectivity index (χ0n) is 13.9. The molecule has 1 aliphatic rings. The van der Waals surface area contributed by atoms with Crippen molar-refractivity contribution in [2.75, 3.05) is 25.4 Å². The van der Waals surface area contributed by atoms with Crippen molar-refractivity contribution < 1.29 is 9.53 Å². The number of carbonyl (C=O) groups is 1. The van der Waals surface area contributed by atoms with E-state index in [2.05, 4.69) is 18.7 Å². The van der Waals surface area contributed by atoms with E-state index in [4.69, 9.17) is 17.0 Å². The first-order chi connectivity index (χ1) is 11.0. The van der Waals surface area contributed by atoms with Crippen LogP contribution in [-0.2, 0) is 4.79 Å². The van der Waals surface area contributed by atoms with Gasteiger partial charge in [-0.2, -0.15) is 0 Å². The number of nitrogens with two attached hydrogens (primary N) is 1. The first kappa shape index (κ1) is 17.1. The van der Waals surface area contributed by atoms with E-state index >= 15 is 0 Å². The predicted octanol–water partition coefficient (Wildman–Crippen LogP) is 3.48. The largest absolute Gasteiger partial charge is 0.504 e. The number of amides is 1. The lowest BCUT2D eigenvalue weighted by atomic mass is 9.98. The van der Waals surface area contributed by atoms with Gasteiger partial charge in [0.05, 0.1) is 13.2 Å². The number of benzene rings is 1. The third-order valence-corrected chi connectivity index (χ3v) is 4.07. The van der Waals surface area contributed by atoms with Gasteiger partial charge in [-0.05, 0) is 30.9 Å². The van der Waals surface area contributed by atoms with Crippen molar-refractivity contribution in [1.82, 2.24) is 4.90 Å². The van der Waals surface area contributed by atoms with Crippen LogP contribution in [0.3, 0.4) is 0 Å². The van der Waals surface area contributed by atoms with E-state index in [-0.39, 0.29) is 5.91 Å². The number of rotatable bonds is 5. The lowest BCUT2D eigenvalue weighted by Gasteiger charge is -2.33. The first-order valence-corrected chi connectivity index (χ1v) is 8.17. The first-order valence-electron chi connectivity index (χ1n) is 8.17. The Labute approximate surface area is 138 Å². The lowest BCUT2D eigenvalue weighted by Crippen LogP contribution is -2.41. The number of ether oxygens (including phenoxy) is 1. The molecule has 2 N–H and O–H groups in total. The number of anilines is 1. The van der Waals surface area contributed by atoms with Crippen LogP contribution in [0.15, 0.2) is 18.2 Å². The molecule has 1 aliphatic heterocycles. The van der Waals surface area contributed by atoms with Gasteiger partial charge in [0.25, 0.3) is 0 Å². The summed E-state index contributed by atoms with van der Waals surface area (Å²) in [5, 5.41) is 0. The summed E-state index contributed by atoms with van der Waals surface area (Å²) in [5.41, 5.74) is 6.61. The third kappa shape index (κ3) is 4.62. The summed E-state index contributed by atoms with van der Waals surface area (Å²) in [5.74, 6) is 1.45. The summed E-state index contributed by atoms with van der Waals surface area (Å²) in [6.07, 6.45) is 2.65. The van der Waals surface area contributed by atoms with Gasteiger partial charge in [0, 0.05) is 31.1 Å². The molecule has 124 valence electrons. The van der Waals surface area contributed by atoms with Gasteiger partial charge < -0.3 is 15.4 Å². The molecule has 23 heavy (non-hydrogen) atoms. The van der Waals surface area contributed by atoms with E-state index in [1.165, 1.54) is 0 Å². The summed E-state index contributed by atoms with van der Waals surface area (Å²) < 4.78 is 5.83. The quantitative estimate of drug-likeness (QED) is 0.668. The molecule has 0 spiro atoms. The normalized spacial score (nSPS) is 17.8. The second-order valence-electron chi connectivity index (χ2n) is 6.56.